The van der Waals surface area contributed by atoms with Crippen LogP contribution < -0.4 is 10.6 Å². The lowest BCUT2D eigenvalue weighted by molar-refractivity contribution is 0.0157. The number of para-hydroxylation sites is 2. The molecule has 0 bridgehead atoms. The number of hydrogen-bond acceptors (Lipinski definition) is 4. The van der Waals surface area contributed by atoms with Gasteiger partial charge >= 0.3 is 6.03 Å². The number of urea groups is 1. The maximum Gasteiger partial charge on any atom is 0.319 e. The second-order valence-corrected chi connectivity index (χ2v) is 7.56. The van der Waals surface area contributed by atoms with E-state index in [2.05, 4.69) is 16.7 Å². The van der Waals surface area contributed by atoms with Crippen LogP contribution in [0.1, 0.15) is 19.8 Å². The zero-order valence-electron chi connectivity index (χ0n) is 14.6. The number of ether oxygens (including phenoxy) is 1. The van der Waals surface area contributed by atoms with Gasteiger partial charge in [0.05, 0.1) is 22.0 Å². The van der Waals surface area contributed by atoms with Gasteiger partial charge in [-0.2, -0.15) is 0 Å². The molecule has 0 saturated carbocycles. The second-order valence-electron chi connectivity index (χ2n) is 6.53. The lowest BCUT2D eigenvalue weighted by atomic mass is 10.0. The number of carbonyl (C=O) groups excluding carboxylic acids is 1. The van der Waals surface area contributed by atoms with Gasteiger partial charge in [0, 0.05) is 18.2 Å². The van der Waals surface area contributed by atoms with Crippen molar-refractivity contribution >= 4 is 33.3 Å². The van der Waals surface area contributed by atoms with Gasteiger partial charge in [0.25, 0.3) is 0 Å². The summed E-state index contributed by atoms with van der Waals surface area (Å²) in [5, 5.41) is 6.95. The summed E-state index contributed by atoms with van der Waals surface area (Å²) in [4.78, 5) is 17.2. The maximum absolute atomic E-state index is 12.5. The van der Waals surface area contributed by atoms with Crippen molar-refractivity contribution in [2.24, 2.45) is 0 Å². The number of rotatable bonds is 3. The van der Waals surface area contributed by atoms with Gasteiger partial charge in [-0.05, 0) is 44.0 Å². The molecule has 3 aromatic rings. The summed E-state index contributed by atoms with van der Waals surface area (Å²) in [6, 6.07) is 15.8. The number of benzene rings is 2. The Morgan fingerprint density at radius 3 is 2.85 bits per heavy atom. The molecule has 2 N–H and O–H groups in total. The molecule has 1 aliphatic rings. The van der Waals surface area contributed by atoms with Gasteiger partial charge in [-0.25, -0.2) is 9.78 Å². The first kappa shape index (κ1) is 17.0. The molecule has 1 aliphatic heterocycles. The number of hydrogen-bond donors (Lipinski definition) is 2. The third-order valence-electron chi connectivity index (χ3n) is 4.52. The molecule has 0 unspecified atom stereocenters. The molecule has 1 fully saturated rings. The minimum atomic E-state index is -0.183. The smallest absolute Gasteiger partial charge is 0.319 e. The maximum atomic E-state index is 12.5. The zero-order chi connectivity index (χ0) is 17.9. The van der Waals surface area contributed by atoms with E-state index in [0.29, 0.717) is 6.61 Å². The predicted molar refractivity (Wildman–Crippen MR) is 106 cm³/mol. The summed E-state index contributed by atoms with van der Waals surface area (Å²) in [7, 11) is 0. The van der Waals surface area contributed by atoms with Gasteiger partial charge in [-0.1, -0.05) is 24.3 Å². The number of anilines is 1. The van der Waals surface area contributed by atoms with Crippen LogP contribution in [0, 0.1) is 0 Å². The van der Waals surface area contributed by atoms with E-state index in [-0.39, 0.29) is 18.2 Å². The number of amides is 2. The van der Waals surface area contributed by atoms with Crippen LogP contribution in [0.25, 0.3) is 20.8 Å². The highest BCUT2D eigenvalue weighted by atomic mass is 32.1. The molecule has 0 spiro atoms. The molecule has 26 heavy (non-hydrogen) atoms. The first-order chi connectivity index (χ1) is 12.7. The Kier molecular flexibility index (Phi) is 4.86. The van der Waals surface area contributed by atoms with Crippen LogP contribution in [-0.2, 0) is 4.74 Å². The van der Waals surface area contributed by atoms with Crippen LogP contribution in [-0.4, -0.2) is 29.8 Å². The first-order valence-electron chi connectivity index (χ1n) is 8.83. The van der Waals surface area contributed by atoms with Gasteiger partial charge < -0.3 is 15.4 Å². The largest absolute Gasteiger partial charge is 0.378 e. The fourth-order valence-electron chi connectivity index (χ4n) is 3.24. The van der Waals surface area contributed by atoms with Crippen LogP contribution in [0.3, 0.4) is 0 Å². The third kappa shape index (κ3) is 3.71. The number of fused-ring (bicyclic) bond motifs is 1. The highest BCUT2D eigenvalue weighted by Gasteiger charge is 2.21. The molecule has 6 heteroatoms. The van der Waals surface area contributed by atoms with Crippen molar-refractivity contribution in [3.63, 3.8) is 0 Å². The molecule has 0 radical (unpaired) electrons. The van der Waals surface area contributed by atoms with E-state index in [4.69, 9.17) is 9.72 Å². The summed E-state index contributed by atoms with van der Waals surface area (Å²) in [5.41, 5.74) is 2.68. The third-order valence-corrected chi connectivity index (χ3v) is 5.59. The number of nitrogens with one attached hydrogen (secondary N) is 2. The number of carbonyl (C=O) groups is 1. The molecule has 2 amide bonds. The fraction of sp³-hybridized carbons (Fsp3) is 0.300. The Morgan fingerprint density at radius 2 is 2.00 bits per heavy atom. The van der Waals surface area contributed by atoms with Gasteiger partial charge in [0.15, 0.2) is 0 Å². The first-order valence-corrected chi connectivity index (χ1v) is 9.65. The number of nitrogens with zero attached hydrogens (tertiary/aromatic N) is 1. The minimum absolute atomic E-state index is 0.147. The summed E-state index contributed by atoms with van der Waals surface area (Å²) in [6.07, 6.45) is 1.87. The van der Waals surface area contributed by atoms with E-state index in [0.717, 1.165) is 39.3 Å². The number of thiazole rings is 1. The van der Waals surface area contributed by atoms with Gasteiger partial charge in [0.2, 0.25) is 0 Å². The fourth-order valence-corrected chi connectivity index (χ4v) is 4.24. The summed E-state index contributed by atoms with van der Waals surface area (Å²) < 4.78 is 6.67. The highest BCUT2D eigenvalue weighted by molar-refractivity contribution is 7.21. The van der Waals surface area contributed by atoms with E-state index in [1.165, 1.54) is 0 Å². The molecule has 1 saturated heterocycles. The second kappa shape index (κ2) is 7.43. The van der Waals surface area contributed by atoms with E-state index in [9.17, 15) is 4.79 Å². The Morgan fingerprint density at radius 1 is 1.19 bits per heavy atom. The van der Waals surface area contributed by atoms with Crippen molar-refractivity contribution < 1.29 is 9.53 Å². The normalized spacial score (nSPS) is 20.0. The van der Waals surface area contributed by atoms with Crippen LogP contribution in [0.4, 0.5) is 10.5 Å². The topological polar surface area (TPSA) is 63.2 Å². The van der Waals surface area contributed by atoms with Crippen molar-refractivity contribution in [2.45, 2.75) is 31.9 Å². The molecule has 0 aliphatic carbocycles. The zero-order valence-corrected chi connectivity index (χ0v) is 15.4. The predicted octanol–water partition coefficient (Wildman–Crippen LogP) is 4.65. The molecule has 1 aromatic heterocycles. The van der Waals surface area contributed by atoms with Crippen molar-refractivity contribution in [3.8, 4) is 10.6 Å². The lowest BCUT2D eigenvalue weighted by Crippen LogP contribution is -2.43. The SMILES string of the molecule is C[C@H]1C[C@@H](NC(=O)Nc2ccccc2-c2nc3ccccc3s2)CCO1. The Labute approximate surface area is 156 Å². The summed E-state index contributed by atoms with van der Waals surface area (Å²) in [6.45, 7) is 2.72. The lowest BCUT2D eigenvalue weighted by Gasteiger charge is -2.28. The van der Waals surface area contributed by atoms with Gasteiger partial charge in [-0.3, -0.25) is 0 Å². The quantitative estimate of drug-likeness (QED) is 0.708. The van der Waals surface area contributed by atoms with Gasteiger partial charge in [-0.15, -0.1) is 11.3 Å². The Balaban J connectivity index is 1.53. The summed E-state index contributed by atoms with van der Waals surface area (Å²) >= 11 is 1.63. The van der Waals surface area contributed by atoms with Crippen molar-refractivity contribution in [1.29, 1.82) is 0 Å². The standard InChI is InChI=1S/C20H21N3O2S/c1-13-12-14(10-11-25-13)21-20(24)23-16-7-3-2-6-15(16)19-22-17-8-4-5-9-18(17)26-19/h2-9,13-14H,10-12H2,1H3,(H2,21,23,24)/t13-,14-/m0/s1. The van der Waals surface area contributed by atoms with Crippen molar-refractivity contribution in [2.75, 3.05) is 11.9 Å². The van der Waals surface area contributed by atoms with Crippen LogP contribution in [0.2, 0.25) is 0 Å². The summed E-state index contributed by atoms with van der Waals surface area (Å²) in [5.74, 6) is 0. The Bertz CT molecular complexity index is 891. The van der Waals surface area contributed by atoms with Crippen molar-refractivity contribution in [1.82, 2.24) is 10.3 Å². The molecule has 2 atom stereocenters. The van der Waals surface area contributed by atoms with Crippen LogP contribution >= 0.6 is 11.3 Å². The molecule has 4 rings (SSSR count). The molecule has 134 valence electrons. The minimum Gasteiger partial charge on any atom is -0.378 e. The van der Waals surface area contributed by atoms with Crippen molar-refractivity contribution in [3.05, 3.63) is 48.5 Å². The Hall–Kier alpha value is -2.44. The van der Waals surface area contributed by atoms with E-state index >= 15 is 0 Å². The van der Waals surface area contributed by atoms with E-state index in [1.54, 1.807) is 11.3 Å². The monoisotopic (exact) mass is 367 g/mol. The van der Waals surface area contributed by atoms with Gasteiger partial charge in [0.1, 0.15) is 5.01 Å². The number of aromatic nitrogens is 1. The van der Waals surface area contributed by atoms with E-state index in [1.807, 2.05) is 49.4 Å². The average Bonchev–Trinajstić information content (AvgIpc) is 3.06. The van der Waals surface area contributed by atoms with Crippen LogP contribution in [0.5, 0.6) is 0 Å². The average molecular weight is 367 g/mol. The molecule has 2 aromatic carbocycles. The molecule has 5 nitrogen and oxygen atoms in total. The molecular formula is C20H21N3O2S. The molecular weight excluding hydrogens is 346 g/mol. The molecule has 2 heterocycles. The van der Waals surface area contributed by atoms with Crippen LogP contribution in [0.15, 0.2) is 48.5 Å². The van der Waals surface area contributed by atoms with E-state index < -0.39 is 0 Å². The highest BCUT2D eigenvalue weighted by Crippen LogP contribution is 2.34.